The van der Waals surface area contributed by atoms with Gasteiger partial charge in [-0.05, 0) is 42.9 Å². The molecule has 4 aromatic heterocycles. The fourth-order valence-corrected chi connectivity index (χ4v) is 5.13. The Morgan fingerprint density at radius 2 is 1.86 bits per heavy atom. The lowest BCUT2D eigenvalue weighted by molar-refractivity contribution is -0.144. The van der Waals surface area contributed by atoms with E-state index < -0.39 is 11.5 Å². The molecule has 4 aromatic rings. The zero-order valence-electron chi connectivity index (χ0n) is 19.7. The molecule has 36 heavy (non-hydrogen) atoms. The van der Waals surface area contributed by atoms with Crippen LogP contribution >= 0.6 is 0 Å². The standard InChI is InChI=1S/C25H24N8O3/c1-32-10-8-25(35,22(32)34)20-12-19(31-36-20)17-4-2-3-16(27-17)18-5-9-26-23(28-18)29-21-11-15-13-24(6-7-24)14-33(15)30-21/h2-5,9,11-12,35H,6-8,10,13-14H2,1H3,(H,26,28,29,30). The van der Waals surface area contributed by atoms with Crippen molar-refractivity contribution in [3.63, 3.8) is 0 Å². The Morgan fingerprint density at radius 1 is 1.06 bits per heavy atom. The quantitative estimate of drug-likeness (QED) is 0.438. The van der Waals surface area contributed by atoms with Crippen molar-refractivity contribution in [3.05, 3.63) is 54.0 Å². The smallest absolute Gasteiger partial charge is 0.262 e. The van der Waals surface area contributed by atoms with Crippen molar-refractivity contribution in [2.45, 2.75) is 37.8 Å². The van der Waals surface area contributed by atoms with E-state index >= 15 is 0 Å². The molecule has 1 atom stereocenters. The summed E-state index contributed by atoms with van der Waals surface area (Å²) in [6, 6.07) is 10.9. The van der Waals surface area contributed by atoms with Crippen molar-refractivity contribution in [1.82, 2.24) is 34.8 Å². The Morgan fingerprint density at radius 3 is 2.61 bits per heavy atom. The van der Waals surface area contributed by atoms with E-state index in [4.69, 9.17) is 4.52 Å². The number of rotatable bonds is 5. The van der Waals surface area contributed by atoms with Crippen LogP contribution in [0.3, 0.4) is 0 Å². The molecule has 1 saturated heterocycles. The summed E-state index contributed by atoms with van der Waals surface area (Å²) in [6.45, 7) is 1.44. The van der Waals surface area contributed by atoms with E-state index in [9.17, 15) is 9.90 Å². The Kier molecular flexibility index (Phi) is 4.38. The van der Waals surface area contributed by atoms with Gasteiger partial charge in [-0.3, -0.25) is 9.48 Å². The molecule has 0 radical (unpaired) electrons. The third kappa shape index (κ3) is 3.38. The second kappa shape index (κ2) is 7.44. The van der Waals surface area contributed by atoms with Crippen molar-refractivity contribution in [3.8, 4) is 22.8 Å². The molecule has 1 amide bonds. The number of aromatic nitrogens is 6. The summed E-state index contributed by atoms with van der Waals surface area (Å²) < 4.78 is 7.45. The van der Waals surface area contributed by atoms with E-state index in [0.29, 0.717) is 40.7 Å². The van der Waals surface area contributed by atoms with Crippen molar-refractivity contribution >= 4 is 17.7 Å². The van der Waals surface area contributed by atoms with Gasteiger partial charge in [0.15, 0.2) is 11.6 Å². The van der Waals surface area contributed by atoms with Crippen molar-refractivity contribution in [2.24, 2.45) is 5.41 Å². The SMILES string of the molecule is CN1CCC(O)(c2cc(-c3cccc(-c4ccnc(Nc5cc6n(n5)CC5(CC5)C6)n4)n3)no2)C1=O. The minimum Gasteiger partial charge on any atom is -0.373 e. The van der Waals surface area contributed by atoms with Gasteiger partial charge in [0, 0.05) is 50.6 Å². The number of likely N-dealkylation sites (tertiary alicyclic amines) is 1. The Balaban J connectivity index is 1.12. The van der Waals surface area contributed by atoms with Crippen molar-refractivity contribution in [2.75, 3.05) is 18.9 Å². The minimum absolute atomic E-state index is 0.118. The molecule has 0 aromatic carbocycles. The maximum absolute atomic E-state index is 12.4. The number of anilines is 2. The van der Waals surface area contributed by atoms with E-state index in [1.807, 2.05) is 12.1 Å². The van der Waals surface area contributed by atoms with Gasteiger partial charge >= 0.3 is 0 Å². The minimum atomic E-state index is -1.70. The normalized spacial score (nSPS) is 21.8. The van der Waals surface area contributed by atoms with Crippen LogP contribution < -0.4 is 5.32 Å². The van der Waals surface area contributed by atoms with Crippen molar-refractivity contribution in [1.29, 1.82) is 0 Å². The first-order valence-corrected chi connectivity index (χ1v) is 12.0. The Labute approximate surface area is 206 Å². The molecule has 1 unspecified atom stereocenters. The summed E-state index contributed by atoms with van der Waals surface area (Å²) in [5.74, 6) is 0.891. The highest BCUT2D eigenvalue weighted by Gasteiger charge is 2.49. The third-order valence-electron chi connectivity index (χ3n) is 7.46. The number of hydrogen-bond donors (Lipinski definition) is 2. The summed E-state index contributed by atoms with van der Waals surface area (Å²) in [6.07, 6.45) is 5.60. The second-order valence-corrected chi connectivity index (χ2v) is 10.1. The first-order valence-electron chi connectivity index (χ1n) is 12.0. The van der Waals surface area contributed by atoms with Gasteiger partial charge in [-0.1, -0.05) is 11.2 Å². The number of fused-ring (bicyclic) bond motifs is 1. The van der Waals surface area contributed by atoms with Gasteiger partial charge in [0.2, 0.25) is 11.5 Å². The monoisotopic (exact) mass is 484 g/mol. The number of nitrogens with zero attached hydrogens (tertiary/aromatic N) is 7. The van der Waals surface area contributed by atoms with E-state index in [-0.39, 0.29) is 12.2 Å². The lowest BCUT2D eigenvalue weighted by Gasteiger charge is -2.16. The Bertz CT molecular complexity index is 1480. The van der Waals surface area contributed by atoms with E-state index in [1.54, 1.807) is 31.4 Å². The van der Waals surface area contributed by atoms with Crippen molar-refractivity contribution < 1.29 is 14.4 Å². The molecule has 11 heteroatoms. The van der Waals surface area contributed by atoms with Gasteiger partial charge in [0.05, 0.1) is 17.1 Å². The molecule has 2 N–H and O–H groups in total. The van der Waals surface area contributed by atoms with Crippen LogP contribution in [0.2, 0.25) is 0 Å². The molecule has 2 fully saturated rings. The highest BCUT2D eigenvalue weighted by molar-refractivity contribution is 5.87. The second-order valence-electron chi connectivity index (χ2n) is 10.1. The molecule has 1 saturated carbocycles. The van der Waals surface area contributed by atoms with Crippen LogP contribution in [0.5, 0.6) is 0 Å². The largest absolute Gasteiger partial charge is 0.373 e. The van der Waals surface area contributed by atoms with Gasteiger partial charge < -0.3 is 19.8 Å². The predicted octanol–water partition coefficient (Wildman–Crippen LogP) is 2.52. The summed E-state index contributed by atoms with van der Waals surface area (Å²) in [7, 11) is 1.65. The molecule has 2 aliphatic heterocycles. The zero-order chi connectivity index (χ0) is 24.5. The van der Waals surface area contributed by atoms with Crippen LogP contribution in [0, 0.1) is 5.41 Å². The summed E-state index contributed by atoms with van der Waals surface area (Å²) in [4.78, 5) is 27.5. The molecule has 11 nitrogen and oxygen atoms in total. The van der Waals surface area contributed by atoms with E-state index in [2.05, 4.69) is 41.3 Å². The fraction of sp³-hybridized carbons (Fsp3) is 0.360. The number of aliphatic hydroxyl groups is 1. The first-order chi connectivity index (χ1) is 17.4. The number of nitrogens with one attached hydrogen (secondary N) is 1. The van der Waals surface area contributed by atoms with E-state index in [1.165, 1.54) is 23.4 Å². The molecule has 6 heterocycles. The maximum atomic E-state index is 12.4. The number of carbonyl (C=O) groups excluding carboxylic acids is 1. The van der Waals surface area contributed by atoms with Gasteiger partial charge in [0.1, 0.15) is 5.69 Å². The summed E-state index contributed by atoms with van der Waals surface area (Å²) in [5, 5.41) is 22.8. The molecule has 7 rings (SSSR count). The Hall–Kier alpha value is -4.12. The molecular weight excluding hydrogens is 460 g/mol. The third-order valence-corrected chi connectivity index (χ3v) is 7.46. The van der Waals surface area contributed by atoms with Crippen LogP contribution in [0.25, 0.3) is 22.8 Å². The lowest BCUT2D eigenvalue weighted by Crippen LogP contribution is -2.35. The number of carbonyl (C=O) groups is 1. The number of amides is 1. The zero-order valence-corrected chi connectivity index (χ0v) is 19.7. The van der Waals surface area contributed by atoms with Gasteiger partial charge in [-0.15, -0.1) is 0 Å². The number of hydrogen-bond acceptors (Lipinski definition) is 9. The summed E-state index contributed by atoms with van der Waals surface area (Å²) >= 11 is 0. The van der Waals surface area contributed by atoms with Gasteiger partial charge in [0.25, 0.3) is 5.91 Å². The molecular formula is C25H24N8O3. The average molecular weight is 485 g/mol. The topological polar surface area (TPSA) is 135 Å². The number of pyridine rings is 1. The van der Waals surface area contributed by atoms with Gasteiger partial charge in [-0.25, -0.2) is 15.0 Å². The first kappa shape index (κ1) is 21.2. The van der Waals surface area contributed by atoms with Crippen LogP contribution in [0.15, 0.2) is 47.1 Å². The predicted molar refractivity (Wildman–Crippen MR) is 128 cm³/mol. The average Bonchev–Trinajstić information content (AvgIpc) is 3.18. The van der Waals surface area contributed by atoms with Crippen LogP contribution in [0.1, 0.15) is 30.7 Å². The molecule has 0 bridgehead atoms. The molecule has 3 aliphatic rings. The number of likely N-dealkylation sites (N-methyl/N-ethyl adjacent to an activating group) is 1. The maximum Gasteiger partial charge on any atom is 0.262 e. The van der Waals surface area contributed by atoms with E-state index in [0.717, 1.165) is 18.8 Å². The van der Waals surface area contributed by atoms with Crippen LogP contribution in [-0.4, -0.2) is 59.4 Å². The fourth-order valence-electron chi connectivity index (χ4n) is 5.13. The molecule has 1 spiro atoms. The highest BCUT2D eigenvalue weighted by Crippen LogP contribution is 2.53. The molecule has 1 aliphatic carbocycles. The molecule has 182 valence electrons. The van der Waals surface area contributed by atoms with Gasteiger partial charge in [-0.2, -0.15) is 5.10 Å². The lowest BCUT2D eigenvalue weighted by atomic mass is 9.98. The summed E-state index contributed by atoms with van der Waals surface area (Å²) in [5.41, 5.74) is 2.25. The highest BCUT2D eigenvalue weighted by atomic mass is 16.5. The van der Waals surface area contributed by atoms with Crippen LogP contribution in [0.4, 0.5) is 11.8 Å². The van der Waals surface area contributed by atoms with Crippen LogP contribution in [-0.2, 0) is 23.4 Å².